The average Bonchev–Trinajstić information content (AvgIpc) is 3.07. The van der Waals surface area contributed by atoms with E-state index in [-0.39, 0.29) is 18.5 Å². The second kappa shape index (κ2) is 6.79. The van der Waals surface area contributed by atoms with Gasteiger partial charge in [0.1, 0.15) is 5.75 Å². The first-order valence-electron chi connectivity index (χ1n) is 8.90. The van der Waals surface area contributed by atoms with Gasteiger partial charge in [0.05, 0.1) is 19.3 Å². The number of H-pyrrole nitrogens is 1. The number of fused-ring (bicyclic) bond motifs is 1. The van der Waals surface area contributed by atoms with Gasteiger partial charge in [-0.25, -0.2) is 4.79 Å². The van der Waals surface area contributed by atoms with Crippen molar-refractivity contribution in [2.75, 3.05) is 18.6 Å². The minimum atomic E-state index is -0.282. The van der Waals surface area contributed by atoms with Crippen LogP contribution in [-0.2, 0) is 11.3 Å². The zero-order valence-corrected chi connectivity index (χ0v) is 15.4. The fraction of sp³-hybridized carbons (Fsp3) is 0.238. The molecule has 6 nitrogen and oxygen atoms in total. The number of benzene rings is 2. The van der Waals surface area contributed by atoms with E-state index in [1.807, 2.05) is 55.6 Å². The molecule has 0 radical (unpaired) electrons. The van der Waals surface area contributed by atoms with Gasteiger partial charge in [0, 0.05) is 30.1 Å². The molecule has 1 saturated heterocycles. The Morgan fingerprint density at radius 2 is 1.89 bits per heavy atom. The lowest BCUT2D eigenvalue weighted by molar-refractivity contribution is -0.129. The number of methoxy groups -OCH3 is 1. The maximum Gasteiger partial charge on any atom is 0.331 e. The SMILES string of the molecule is COc1ccc(CN2C(=O)CCN(c3cccc4[nH]cc(C)c34)C2=O)cc1. The van der Waals surface area contributed by atoms with Crippen LogP contribution in [0.25, 0.3) is 10.9 Å². The fourth-order valence-corrected chi connectivity index (χ4v) is 3.54. The summed E-state index contributed by atoms with van der Waals surface area (Å²) in [5.74, 6) is 0.594. The van der Waals surface area contributed by atoms with Crippen LogP contribution in [0.3, 0.4) is 0 Å². The first kappa shape index (κ1) is 17.1. The van der Waals surface area contributed by atoms with Crippen molar-refractivity contribution in [1.82, 2.24) is 9.88 Å². The minimum absolute atomic E-state index is 0.148. The normalized spacial score (nSPS) is 14.9. The van der Waals surface area contributed by atoms with Crippen LogP contribution in [0.15, 0.2) is 48.7 Å². The molecule has 4 rings (SSSR count). The van der Waals surface area contributed by atoms with Gasteiger partial charge in [0.15, 0.2) is 0 Å². The predicted octanol–water partition coefficient (Wildman–Crippen LogP) is 3.84. The van der Waals surface area contributed by atoms with Crippen molar-refractivity contribution in [1.29, 1.82) is 0 Å². The number of aromatic nitrogens is 1. The highest BCUT2D eigenvalue weighted by Crippen LogP contribution is 2.32. The number of carbonyl (C=O) groups is 2. The summed E-state index contributed by atoms with van der Waals surface area (Å²) in [6.07, 6.45) is 2.24. The van der Waals surface area contributed by atoms with E-state index in [2.05, 4.69) is 4.98 Å². The van der Waals surface area contributed by atoms with Crippen molar-refractivity contribution in [3.63, 3.8) is 0 Å². The maximum atomic E-state index is 13.1. The van der Waals surface area contributed by atoms with E-state index >= 15 is 0 Å². The number of amides is 3. The summed E-state index contributed by atoms with van der Waals surface area (Å²) in [6.45, 7) is 2.65. The summed E-state index contributed by atoms with van der Waals surface area (Å²) in [4.78, 5) is 31.8. The van der Waals surface area contributed by atoms with Gasteiger partial charge in [0.2, 0.25) is 5.91 Å². The Morgan fingerprint density at radius 1 is 1.11 bits per heavy atom. The number of rotatable bonds is 4. The third kappa shape index (κ3) is 3.03. The lowest BCUT2D eigenvalue weighted by Gasteiger charge is -2.34. The smallest absolute Gasteiger partial charge is 0.331 e. The van der Waals surface area contributed by atoms with E-state index in [0.717, 1.165) is 33.5 Å². The Hall–Kier alpha value is -3.28. The molecule has 2 heterocycles. The number of imide groups is 1. The Morgan fingerprint density at radius 3 is 2.63 bits per heavy atom. The molecule has 0 unspecified atom stereocenters. The van der Waals surface area contributed by atoms with Crippen molar-refractivity contribution in [2.24, 2.45) is 0 Å². The molecule has 1 aromatic heterocycles. The molecule has 1 aliphatic heterocycles. The van der Waals surface area contributed by atoms with Crippen molar-refractivity contribution in [2.45, 2.75) is 19.9 Å². The van der Waals surface area contributed by atoms with Crippen molar-refractivity contribution >= 4 is 28.5 Å². The van der Waals surface area contributed by atoms with Gasteiger partial charge in [-0.2, -0.15) is 0 Å². The summed E-state index contributed by atoms with van der Waals surface area (Å²) < 4.78 is 5.16. The number of nitrogens with zero attached hydrogens (tertiary/aromatic N) is 2. The summed E-state index contributed by atoms with van der Waals surface area (Å²) >= 11 is 0. The van der Waals surface area contributed by atoms with Crippen molar-refractivity contribution in [3.05, 3.63) is 59.8 Å². The van der Waals surface area contributed by atoms with Gasteiger partial charge < -0.3 is 9.72 Å². The van der Waals surface area contributed by atoms with E-state index in [1.54, 1.807) is 12.0 Å². The zero-order valence-electron chi connectivity index (χ0n) is 15.4. The topological polar surface area (TPSA) is 65.6 Å². The molecule has 1 fully saturated rings. The van der Waals surface area contributed by atoms with Crippen molar-refractivity contribution < 1.29 is 14.3 Å². The van der Waals surface area contributed by atoms with Crippen LogP contribution in [0.2, 0.25) is 0 Å². The molecule has 27 heavy (non-hydrogen) atoms. The molecule has 1 N–H and O–H groups in total. The molecule has 0 atom stereocenters. The van der Waals surface area contributed by atoms with Crippen LogP contribution in [0.1, 0.15) is 17.5 Å². The lowest BCUT2D eigenvalue weighted by Crippen LogP contribution is -2.52. The molecular weight excluding hydrogens is 342 g/mol. The highest BCUT2D eigenvalue weighted by atomic mass is 16.5. The van der Waals surface area contributed by atoms with Gasteiger partial charge in [-0.05, 0) is 42.3 Å². The molecular formula is C21H21N3O3. The van der Waals surface area contributed by atoms with Crippen LogP contribution < -0.4 is 9.64 Å². The molecule has 2 aromatic carbocycles. The molecule has 0 bridgehead atoms. The first-order valence-corrected chi connectivity index (χ1v) is 8.90. The second-order valence-electron chi connectivity index (χ2n) is 6.68. The number of anilines is 1. The molecule has 3 aromatic rings. The largest absolute Gasteiger partial charge is 0.497 e. The van der Waals surface area contributed by atoms with E-state index in [9.17, 15) is 9.59 Å². The number of nitrogens with one attached hydrogen (secondary N) is 1. The third-order valence-corrected chi connectivity index (χ3v) is 4.98. The van der Waals surface area contributed by atoms with E-state index in [4.69, 9.17) is 4.74 Å². The summed E-state index contributed by atoms with van der Waals surface area (Å²) in [7, 11) is 1.61. The van der Waals surface area contributed by atoms with Gasteiger partial charge in [-0.3, -0.25) is 14.6 Å². The van der Waals surface area contributed by atoms with E-state index in [1.165, 1.54) is 4.90 Å². The monoisotopic (exact) mass is 363 g/mol. The Bertz CT molecular complexity index is 1010. The van der Waals surface area contributed by atoms with Gasteiger partial charge in [0.25, 0.3) is 0 Å². The number of carbonyl (C=O) groups excluding carboxylic acids is 2. The number of aromatic amines is 1. The molecule has 6 heteroatoms. The molecule has 0 spiro atoms. The molecule has 0 aliphatic carbocycles. The minimum Gasteiger partial charge on any atom is -0.497 e. The van der Waals surface area contributed by atoms with E-state index < -0.39 is 0 Å². The number of aryl methyl sites for hydroxylation is 1. The highest BCUT2D eigenvalue weighted by Gasteiger charge is 2.33. The molecule has 3 amide bonds. The molecule has 138 valence electrons. The van der Waals surface area contributed by atoms with Gasteiger partial charge in [-0.15, -0.1) is 0 Å². The first-order chi connectivity index (χ1) is 13.1. The second-order valence-corrected chi connectivity index (χ2v) is 6.68. The van der Waals surface area contributed by atoms with Crippen LogP contribution >= 0.6 is 0 Å². The van der Waals surface area contributed by atoms with Crippen LogP contribution in [0.5, 0.6) is 5.75 Å². The van der Waals surface area contributed by atoms with Crippen molar-refractivity contribution in [3.8, 4) is 5.75 Å². The van der Waals surface area contributed by atoms with E-state index in [0.29, 0.717) is 13.0 Å². The lowest BCUT2D eigenvalue weighted by atomic mass is 10.1. The number of urea groups is 1. The Kier molecular flexibility index (Phi) is 4.32. The summed E-state index contributed by atoms with van der Waals surface area (Å²) in [6, 6.07) is 13.0. The Labute approximate surface area is 157 Å². The summed E-state index contributed by atoms with van der Waals surface area (Å²) in [5.41, 5.74) is 3.78. The zero-order chi connectivity index (χ0) is 19.0. The predicted molar refractivity (Wildman–Crippen MR) is 104 cm³/mol. The van der Waals surface area contributed by atoms with Crippen LogP contribution in [-0.4, -0.2) is 35.5 Å². The number of hydrogen-bond donors (Lipinski definition) is 1. The van der Waals surface area contributed by atoms with Gasteiger partial charge >= 0.3 is 6.03 Å². The average molecular weight is 363 g/mol. The number of ether oxygens (including phenoxy) is 1. The maximum absolute atomic E-state index is 13.1. The highest BCUT2D eigenvalue weighted by molar-refractivity contribution is 6.10. The quantitative estimate of drug-likeness (QED) is 0.766. The number of hydrogen-bond acceptors (Lipinski definition) is 3. The van der Waals surface area contributed by atoms with Gasteiger partial charge in [-0.1, -0.05) is 18.2 Å². The molecule has 0 saturated carbocycles. The Balaban J connectivity index is 1.65. The summed E-state index contributed by atoms with van der Waals surface area (Å²) in [5, 5.41) is 1.02. The fourth-order valence-electron chi connectivity index (χ4n) is 3.54. The molecule has 1 aliphatic rings. The standard InChI is InChI=1S/C21H21N3O3/c1-14-12-22-17-4-3-5-18(20(14)17)23-11-10-19(25)24(21(23)26)13-15-6-8-16(27-2)9-7-15/h3-9,12,22H,10-11,13H2,1-2H3. The third-order valence-electron chi connectivity index (χ3n) is 4.98. The van der Waals surface area contributed by atoms with Crippen LogP contribution in [0, 0.1) is 6.92 Å². The van der Waals surface area contributed by atoms with Crippen LogP contribution in [0.4, 0.5) is 10.5 Å².